The zero-order valence-corrected chi connectivity index (χ0v) is 21.6. The Morgan fingerprint density at radius 1 is 1.02 bits per heavy atom. The van der Waals surface area contributed by atoms with Crippen molar-refractivity contribution in [1.29, 1.82) is 0 Å². The van der Waals surface area contributed by atoms with Crippen molar-refractivity contribution in [1.82, 2.24) is 20.2 Å². The van der Waals surface area contributed by atoms with E-state index in [2.05, 4.69) is 49.5 Å². The molecule has 208 valence electrons. The highest BCUT2D eigenvalue weighted by Crippen LogP contribution is 2.30. The van der Waals surface area contributed by atoms with Gasteiger partial charge in [-0.3, -0.25) is 15.0 Å². The molecule has 1 unspecified atom stereocenters. The van der Waals surface area contributed by atoms with Gasteiger partial charge in [-0.2, -0.15) is 0 Å². The highest BCUT2D eigenvalue weighted by Gasteiger charge is 2.20. The molecule has 2 heterocycles. The lowest BCUT2D eigenvalue weighted by atomic mass is 10.1. The van der Waals surface area contributed by atoms with Crippen LogP contribution in [0.5, 0.6) is 5.75 Å². The van der Waals surface area contributed by atoms with Gasteiger partial charge in [-0.25, -0.2) is 14.8 Å². The standard InChI is InChI=1S/C28H30N6O6/c29-26(38)24-25(37)23(31-27(32-24)33-28(39)30-15-22(36)17-35)21-9-7-19(8-10-21)2-1-18-3-5-20(6-4-18)16-34-11-13-40-14-12-34/h3-10,22,35-37H,11-17H2,(H2,29,38)(H2,30,31,32,33,39). The average molecular weight is 547 g/mol. The normalized spacial score (nSPS) is 14.1. The Kier molecular flexibility index (Phi) is 9.61. The topological polar surface area (TPSA) is 183 Å². The van der Waals surface area contributed by atoms with Gasteiger partial charge in [-0.15, -0.1) is 0 Å². The lowest BCUT2D eigenvalue weighted by Gasteiger charge is -2.26. The summed E-state index contributed by atoms with van der Waals surface area (Å²) in [6.45, 7) is 3.50. The van der Waals surface area contributed by atoms with Gasteiger partial charge in [0.15, 0.2) is 11.4 Å². The Bertz CT molecular complexity index is 1400. The first-order valence-corrected chi connectivity index (χ1v) is 12.6. The van der Waals surface area contributed by atoms with E-state index in [0.717, 1.165) is 38.4 Å². The van der Waals surface area contributed by atoms with E-state index in [4.69, 9.17) is 15.6 Å². The second kappa shape index (κ2) is 13.5. The molecular weight excluding hydrogens is 516 g/mol. The molecular formula is C28H30N6O6. The van der Waals surface area contributed by atoms with Crippen LogP contribution in [0.2, 0.25) is 0 Å². The smallest absolute Gasteiger partial charge is 0.321 e. The molecule has 1 saturated heterocycles. The number of carbonyl (C=O) groups excluding carboxylic acids is 2. The van der Waals surface area contributed by atoms with E-state index in [1.54, 1.807) is 24.3 Å². The van der Waals surface area contributed by atoms with E-state index in [-0.39, 0.29) is 18.2 Å². The zero-order chi connectivity index (χ0) is 28.5. The summed E-state index contributed by atoms with van der Waals surface area (Å²) < 4.78 is 5.39. The maximum absolute atomic E-state index is 12.1. The predicted molar refractivity (Wildman–Crippen MR) is 146 cm³/mol. The Balaban J connectivity index is 1.47. The third-order valence-electron chi connectivity index (χ3n) is 6.03. The molecule has 12 nitrogen and oxygen atoms in total. The molecule has 3 aromatic rings. The summed E-state index contributed by atoms with van der Waals surface area (Å²) in [5, 5.41) is 33.4. The number of amides is 3. The first-order chi connectivity index (χ1) is 19.3. The van der Waals surface area contributed by atoms with Gasteiger partial charge in [-0.05, 0) is 29.8 Å². The van der Waals surface area contributed by atoms with Crippen molar-refractivity contribution >= 4 is 17.9 Å². The Hall–Kier alpha value is -4.54. The SMILES string of the molecule is NC(=O)c1nc(NC(=O)NCC(O)CO)nc(-c2ccc(C#Cc3ccc(CN4CCOCC4)cc3)cc2)c1O. The molecule has 7 N–H and O–H groups in total. The molecule has 0 bridgehead atoms. The summed E-state index contributed by atoms with van der Waals surface area (Å²) in [6.07, 6.45) is -1.15. The molecule has 12 heteroatoms. The number of ether oxygens (including phenoxy) is 1. The second-order valence-corrected chi connectivity index (χ2v) is 9.04. The molecule has 0 saturated carbocycles. The van der Waals surface area contributed by atoms with Gasteiger partial charge in [0, 0.05) is 42.9 Å². The molecule has 2 aromatic carbocycles. The third-order valence-corrected chi connectivity index (χ3v) is 6.03. The molecule has 1 aliphatic heterocycles. The number of aromatic hydroxyl groups is 1. The number of nitrogens with two attached hydrogens (primary N) is 1. The number of nitrogens with one attached hydrogen (secondary N) is 2. The summed E-state index contributed by atoms with van der Waals surface area (Å²) in [4.78, 5) is 34.3. The van der Waals surface area contributed by atoms with Crippen LogP contribution in [0.25, 0.3) is 11.3 Å². The molecule has 4 rings (SSSR count). The van der Waals surface area contributed by atoms with Crippen LogP contribution in [-0.2, 0) is 11.3 Å². The first-order valence-electron chi connectivity index (χ1n) is 12.6. The van der Waals surface area contributed by atoms with Crippen LogP contribution in [0, 0.1) is 11.8 Å². The van der Waals surface area contributed by atoms with Gasteiger partial charge < -0.3 is 31.1 Å². The minimum atomic E-state index is -1.15. The van der Waals surface area contributed by atoms with E-state index in [1.807, 2.05) is 12.1 Å². The molecule has 1 aromatic heterocycles. The van der Waals surface area contributed by atoms with Crippen LogP contribution in [-0.4, -0.2) is 87.7 Å². The van der Waals surface area contributed by atoms with Crippen LogP contribution in [0.3, 0.4) is 0 Å². The number of aliphatic hydroxyl groups excluding tert-OH is 2. The minimum absolute atomic E-state index is 0.0233. The second-order valence-electron chi connectivity index (χ2n) is 9.04. The number of anilines is 1. The van der Waals surface area contributed by atoms with Crippen LogP contribution >= 0.6 is 0 Å². The number of nitrogens with zero attached hydrogens (tertiary/aromatic N) is 3. The van der Waals surface area contributed by atoms with E-state index in [1.165, 1.54) is 5.56 Å². The van der Waals surface area contributed by atoms with Crippen molar-refractivity contribution < 1.29 is 29.6 Å². The number of primary amides is 1. The van der Waals surface area contributed by atoms with Gasteiger partial charge in [0.25, 0.3) is 5.91 Å². The molecule has 0 spiro atoms. The fourth-order valence-corrected chi connectivity index (χ4v) is 3.87. The van der Waals surface area contributed by atoms with Crippen molar-refractivity contribution in [3.05, 3.63) is 70.9 Å². The van der Waals surface area contributed by atoms with E-state index >= 15 is 0 Å². The predicted octanol–water partition coefficient (Wildman–Crippen LogP) is 0.655. The van der Waals surface area contributed by atoms with Gasteiger partial charge >= 0.3 is 6.03 Å². The van der Waals surface area contributed by atoms with Gasteiger partial charge in [0.1, 0.15) is 5.69 Å². The van der Waals surface area contributed by atoms with Crippen LogP contribution < -0.4 is 16.4 Å². The van der Waals surface area contributed by atoms with Crippen molar-refractivity contribution in [2.45, 2.75) is 12.6 Å². The quantitative estimate of drug-likeness (QED) is 0.221. The fourth-order valence-electron chi connectivity index (χ4n) is 3.87. The van der Waals surface area contributed by atoms with Crippen LogP contribution in [0.4, 0.5) is 10.7 Å². The number of rotatable bonds is 8. The lowest BCUT2D eigenvalue weighted by molar-refractivity contribution is 0.0342. The van der Waals surface area contributed by atoms with Crippen molar-refractivity contribution in [3.8, 4) is 28.8 Å². The third kappa shape index (κ3) is 7.75. The molecule has 1 atom stereocenters. The zero-order valence-electron chi connectivity index (χ0n) is 21.6. The minimum Gasteiger partial charge on any atom is -0.504 e. The summed E-state index contributed by atoms with van der Waals surface area (Å²) in [6, 6.07) is 14.1. The van der Waals surface area contributed by atoms with E-state index < -0.39 is 36.1 Å². The van der Waals surface area contributed by atoms with Crippen molar-refractivity contribution in [3.63, 3.8) is 0 Å². The molecule has 1 fully saturated rings. The number of carbonyl (C=O) groups is 2. The summed E-state index contributed by atoms with van der Waals surface area (Å²) >= 11 is 0. The average Bonchev–Trinajstić information content (AvgIpc) is 2.97. The van der Waals surface area contributed by atoms with Gasteiger partial charge in [0.05, 0.1) is 25.9 Å². The van der Waals surface area contributed by atoms with Crippen molar-refractivity contribution in [2.75, 3.05) is 44.8 Å². The van der Waals surface area contributed by atoms with Gasteiger partial charge in [0.2, 0.25) is 5.95 Å². The maximum atomic E-state index is 12.1. The number of aromatic nitrogens is 2. The molecule has 40 heavy (non-hydrogen) atoms. The number of urea groups is 1. The largest absolute Gasteiger partial charge is 0.504 e. The Morgan fingerprint density at radius 2 is 1.65 bits per heavy atom. The lowest BCUT2D eigenvalue weighted by Crippen LogP contribution is -2.37. The molecule has 0 aliphatic carbocycles. The van der Waals surface area contributed by atoms with Gasteiger partial charge in [-0.1, -0.05) is 36.1 Å². The summed E-state index contributed by atoms with van der Waals surface area (Å²) in [5.74, 6) is 4.39. The number of benzene rings is 2. The maximum Gasteiger partial charge on any atom is 0.321 e. The fraction of sp³-hybridized carbons (Fsp3) is 0.286. The number of hydrogen-bond acceptors (Lipinski definition) is 9. The Labute approximate surface area is 230 Å². The first kappa shape index (κ1) is 28.5. The highest BCUT2D eigenvalue weighted by atomic mass is 16.5. The molecule has 1 aliphatic rings. The van der Waals surface area contributed by atoms with Crippen LogP contribution in [0.15, 0.2) is 48.5 Å². The monoisotopic (exact) mass is 546 g/mol. The molecule has 3 amide bonds. The van der Waals surface area contributed by atoms with Crippen LogP contribution in [0.1, 0.15) is 27.2 Å². The van der Waals surface area contributed by atoms with E-state index in [9.17, 15) is 19.8 Å². The number of hydrogen-bond donors (Lipinski definition) is 6. The highest BCUT2D eigenvalue weighted by molar-refractivity contribution is 5.97. The number of morpholine rings is 1. The molecule has 0 radical (unpaired) electrons. The summed E-state index contributed by atoms with van der Waals surface area (Å²) in [7, 11) is 0. The number of aliphatic hydroxyl groups is 2. The van der Waals surface area contributed by atoms with E-state index in [0.29, 0.717) is 11.1 Å². The van der Waals surface area contributed by atoms with Crippen molar-refractivity contribution in [2.24, 2.45) is 5.73 Å². The summed E-state index contributed by atoms with van der Waals surface area (Å²) in [5.41, 5.74) is 8.08. The Morgan fingerprint density at radius 3 is 2.25 bits per heavy atom.